The third kappa shape index (κ3) is 2.31. The van der Waals surface area contributed by atoms with Crippen LogP contribution in [0.4, 0.5) is 8.78 Å². The third-order valence-corrected chi connectivity index (χ3v) is 3.00. The number of methoxy groups -OCH3 is 1. The van der Waals surface area contributed by atoms with Crippen molar-refractivity contribution < 1.29 is 18.6 Å². The van der Waals surface area contributed by atoms with Crippen LogP contribution in [0.2, 0.25) is 0 Å². The van der Waals surface area contributed by atoms with Crippen LogP contribution in [0.1, 0.15) is 22.9 Å². The molecule has 2 aromatic rings. The summed E-state index contributed by atoms with van der Waals surface area (Å²) in [4.78, 5) is 0. The molecule has 1 atom stereocenters. The van der Waals surface area contributed by atoms with Crippen LogP contribution in [0.5, 0.6) is 5.75 Å². The molecule has 6 heteroatoms. The number of benzene rings is 1. The van der Waals surface area contributed by atoms with Gasteiger partial charge in [-0.3, -0.25) is 4.68 Å². The topological polar surface area (TPSA) is 47.3 Å². The van der Waals surface area contributed by atoms with Crippen LogP contribution >= 0.6 is 0 Å². The lowest BCUT2D eigenvalue weighted by molar-refractivity contribution is 0.199. The molecule has 1 N–H and O–H groups in total. The molecule has 19 heavy (non-hydrogen) atoms. The number of halogens is 2. The van der Waals surface area contributed by atoms with E-state index >= 15 is 0 Å². The van der Waals surface area contributed by atoms with E-state index in [2.05, 4.69) is 5.10 Å². The minimum atomic E-state index is -1.28. The van der Waals surface area contributed by atoms with Crippen molar-refractivity contribution in [3.05, 3.63) is 46.8 Å². The second-order valence-electron chi connectivity index (χ2n) is 4.25. The number of hydrogen-bond donors (Lipinski definition) is 1. The Hall–Kier alpha value is -1.95. The van der Waals surface area contributed by atoms with E-state index in [4.69, 9.17) is 4.74 Å². The standard InChI is InChI=1S/C13H14F2N2O2/c1-7-4-8(10(15)5-9(7)14)13(18)12-11(19-3)6-16-17(12)2/h4-6,13,18H,1-3H3. The van der Waals surface area contributed by atoms with Gasteiger partial charge in [-0.2, -0.15) is 5.10 Å². The lowest BCUT2D eigenvalue weighted by Gasteiger charge is -2.15. The van der Waals surface area contributed by atoms with E-state index in [9.17, 15) is 13.9 Å². The van der Waals surface area contributed by atoms with Crippen molar-refractivity contribution in [2.24, 2.45) is 7.05 Å². The van der Waals surface area contributed by atoms with Gasteiger partial charge in [0.2, 0.25) is 0 Å². The number of aryl methyl sites for hydroxylation is 2. The molecule has 0 radical (unpaired) electrons. The summed E-state index contributed by atoms with van der Waals surface area (Å²) in [5, 5.41) is 14.2. The Morgan fingerprint density at radius 1 is 1.32 bits per heavy atom. The van der Waals surface area contributed by atoms with Gasteiger partial charge in [0, 0.05) is 18.7 Å². The first-order valence-electron chi connectivity index (χ1n) is 5.65. The molecule has 0 aliphatic rings. The van der Waals surface area contributed by atoms with Crippen molar-refractivity contribution in [2.75, 3.05) is 7.11 Å². The van der Waals surface area contributed by atoms with Crippen molar-refractivity contribution in [2.45, 2.75) is 13.0 Å². The number of hydrogen-bond acceptors (Lipinski definition) is 3. The fourth-order valence-corrected chi connectivity index (χ4v) is 1.93. The van der Waals surface area contributed by atoms with Gasteiger partial charge in [0.1, 0.15) is 23.4 Å². The average molecular weight is 268 g/mol. The van der Waals surface area contributed by atoms with Gasteiger partial charge in [0.05, 0.1) is 13.3 Å². The molecule has 0 aliphatic heterocycles. The van der Waals surface area contributed by atoms with Gasteiger partial charge in [0.15, 0.2) is 5.75 Å². The summed E-state index contributed by atoms with van der Waals surface area (Å²) in [6.07, 6.45) is 0.147. The Labute approximate surface area is 109 Å². The molecule has 0 aliphatic carbocycles. The van der Waals surface area contributed by atoms with Gasteiger partial charge < -0.3 is 9.84 Å². The van der Waals surface area contributed by atoms with E-state index < -0.39 is 17.7 Å². The molecule has 0 saturated carbocycles. The van der Waals surface area contributed by atoms with Crippen LogP contribution in [-0.2, 0) is 7.05 Å². The Morgan fingerprint density at radius 2 is 2.00 bits per heavy atom. The summed E-state index contributed by atoms with van der Waals surface area (Å²) in [5.74, 6) is -1.11. The van der Waals surface area contributed by atoms with E-state index in [0.29, 0.717) is 11.4 Å². The maximum absolute atomic E-state index is 13.8. The highest BCUT2D eigenvalue weighted by Gasteiger charge is 2.23. The predicted molar refractivity (Wildman–Crippen MR) is 64.9 cm³/mol. The van der Waals surface area contributed by atoms with E-state index in [-0.39, 0.29) is 11.1 Å². The molecular weight excluding hydrogens is 254 g/mol. The third-order valence-electron chi connectivity index (χ3n) is 3.00. The first-order chi connectivity index (χ1) is 8.95. The fourth-order valence-electron chi connectivity index (χ4n) is 1.93. The Kier molecular flexibility index (Phi) is 3.53. The quantitative estimate of drug-likeness (QED) is 0.927. The molecule has 4 nitrogen and oxygen atoms in total. The van der Waals surface area contributed by atoms with Crippen LogP contribution in [0.3, 0.4) is 0 Å². The smallest absolute Gasteiger partial charge is 0.162 e. The number of aliphatic hydroxyl groups is 1. The minimum absolute atomic E-state index is 0.0131. The molecule has 1 unspecified atom stereocenters. The van der Waals surface area contributed by atoms with Crippen molar-refractivity contribution >= 4 is 0 Å². The second-order valence-corrected chi connectivity index (χ2v) is 4.25. The lowest BCUT2D eigenvalue weighted by atomic mass is 10.0. The van der Waals surface area contributed by atoms with Gasteiger partial charge in [-0.25, -0.2) is 8.78 Å². The largest absolute Gasteiger partial charge is 0.493 e. The summed E-state index contributed by atoms with van der Waals surface area (Å²) in [7, 11) is 3.04. The Bertz CT molecular complexity index is 611. The van der Waals surface area contributed by atoms with Gasteiger partial charge >= 0.3 is 0 Å². The first kappa shape index (κ1) is 13.5. The zero-order valence-corrected chi connectivity index (χ0v) is 10.8. The highest BCUT2D eigenvalue weighted by Crippen LogP contribution is 2.31. The van der Waals surface area contributed by atoms with Crippen molar-refractivity contribution in [3.8, 4) is 5.75 Å². The Morgan fingerprint density at radius 3 is 2.63 bits per heavy atom. The number of ether oxygens (including phenoxy) is 1. The van der Waals surface area contributed by atoms with Crippen molar-refractivity contribution in [1.82, 2.24) is 9.78 Å². The number of aliphatic hydroxyl groups excluding tert-OH is 1. The molecule has 0 fully saturated rings. The van der Waals surface area contributed by atoms with Gasteiger partial charge in [-0.15, -0.1) is 0 Å². The SMILES string of the molecule is COc1cnn(C)c1C(O)c1cc(C)c(F)cc1F. The monoisotopic (exact) mass is 268 g/mol. The molecule has 0 amide bonds. The van der Waals surface area contributed by atoms with Gasteiger partial charge in [0.25, 0.3) is 0 Å². The highest BCUT2D eigenvalue weighted by atomic mass is 19.1. The molecule has 1 aromatic heterocycles. The fraction of sp³-hybridized carbons (Fsp3) is 0.308. The van der Waals surface area contributed by atoms with E-state index in [0.717, 1.165) is 6.07 Å². The van der Waals surface area contributed by atoms with Gasteiger partial charge in [-0.05, 0) is 18.6 Å². The summed E-state index contributed by atoms with van der Waals surface area (Å²) in [6, 6.07) is 2.04. The molecule has 0 bridgehead atoms. The van der Waals surface area contributed by atoms with Crippen LogP contribution < -0.4 is 4.74 Å². The second kappa shape index (κ2) is 4.97. The van der Waals surface area contributed by atoms with Crippen molar-refractivity contribution in [3.63, 3.8) is 0 Å². The van der Waals surface area contributed by atoms with Crippen LogP contribution in [0.15, 0.2) is 18.3 Å². The Balaban J connectivity index is 2.52. The first-order valence-corrected chi connectivity index (χ1v) is 5.65. The molecule has 2 rings (SSSR count). The maximum Gasteiger partial charge on any atom is 0.162 e. The lowest BCUT2D eigenvalue weighted by Crippen LogP contribution is -2.10. The highest BCUT2D eigenvalue weighted by molar-refractivity contribution is 5.37. The van der Waals surface area contributed by atoms with Crippen LogP contribution in [0, 0.1) is 18.6 Å². The normalized spacial score (nSPS) is 12.5. The van der Waals surface area contributed by atoms with Crippen LogP contribution in [0.25, 0.3) is 0 Å². The van der Waals surface area contributed by atoms with E-state index in [1.165, 1.54) is 31.0 Å². The van der Waals surface area contributed by atoms with Crippen molar-refractivity contribution in [1.29, 1.82) is 0 Å². The molecule has 0 saturated heterocycles. The molecule has 1 heterocycles. The zero-order chi connectivity index (χ0) is 14.2. The summed E-state index contributed by atoms with van der Waals surface area (Å²) in [5.41, 5.74) is 0.560. The summed E-state index contributed by atoms with van der Waals surface area (Å²) >= 11 is 0. The molecular formula is C13H14F2N2O2. The predicted octanol–water partition coefficient (Wildman–Crippen LogP) is 2.10. The van der Waals surface area contributed by atoms with E-state index in [1.54, 1.807) is 7.05 Å². The minimum Gasteiger partial charge on any atom is -0.493 e. The van der Waals surface area contributed by atoms with Gasteiger partial charge in [-0.1, -0.05) is 0 Å². The number of aromatic nitrogens is 2. The molecule has 1 aromatic carbocycles. The average Bonchev–Trinajstić information content (AvgIpc) is 2.74. The van der Waals surface area contributed by atoms with E-state index in [1.807, 2.05) is 0 Å². The molecule has 0 spiro atoms. The summed E-state index contributed by atoms with van der Waals surface area (Å²) in [6.45, 7) is 1.51. The number of nitrogens with zero attached hydrogens (tertiary/aromatic N) is 2. The molecule has 102 valence electrons. The number of rotatable bonds is 3. The summed E-state index contributed by atoms with van der Waals surface area (Å²) < 4.78 is 33.4. The zero-order valence-electron chi connectivity index (χ0n) is 10.8. The maximum atomic E-state index is 13.8. The van der Waals surface area contributed by atoms with Crippen LogP contribution in [-0.4, -0.2) is 22.0 Å².